The smallest absolute Gasteiger partial charge is 0.191 e. The maximum Gasteiger partial charge on any atom is 0.191 e. The Bertz CT molecular complexity index is 461. The molecule has 0 heterocycles. The van der Waals surface area contributed by atoms with Crippen LogP contribution in [0.5, 0.6) is 0 Å². The van der Waals surface area contributed by atoms with Gasteiger partial charge in [-0.2, -0.15) is 0 Å². The fourth-order valence-corrected chi connectivity index (χ4v) is 1.96. The van der Waals surface area contributed by atoms with Crippen molar-refractivity contribution >= 4 is 29.9 Å². The van der Waals surface area contributed by atoms with E-state index in [1.807, 2.05) is 13.0 Å². The first kappa shape index (κ1) is 23.1. The third-order valence-electron chi connectivity index (χ3n) is 3.14. The number of nitrogens with one attached hydrogen (secondary N) is 2. The van der Waals surface area contributed by atoms with Crippen LogP contribution in [-0.2, 0) is 15.9 Å². The van der Waals surface area contributed by atoms with Crippen molar-refractivity contribution in [2.45, 2.75) is 19.8 Å². The minimum atomic E-state index is -0.163. The summed E-state index contributed by atoms with van der Waals surface area (Å²) in [5.41, 5.74) is 0.711. The van der Waals surface area contributed by atoms with Gasteiger partial charge in [-0.1, -0.05) is 18.2 Å². The molecule has 0 aromatic heterocycles. The van der Waals surface area contributed by atoms with E-state index in [-0.39, 0.29) is 29.8 Å². The molecule has 0 aliphatic carbocycles. The van der Waals surface area contributed by atoms with Gasteiger partial charge in [0.1, 0.15) is 5.82 Å². The quantitative estimate of drug-likeness (QED) is 0.234. The maximum atomic E-state index is 13.5. The van der Waals surface area contributed by atoms with Crippen molar-refractivity contribution < 1.29 is 13.9 Å². The molecule has 2 N–H and O–H groups in total. The summed E-state index contributed by atoms with van der Waals surface area (Å²) in [5, 5.41) is 6.40. The van der Waals surface area contributed by atoms with Crippen LogP contribution in [0.15, 0.2) is 29.3 Å². The molecule has 0 saturated carbocycles. The molecule has 0 aliphatic heterocycles. The monoisotopic (exact) mass is 453 g/mol. The third kappa shape index (κ3) is 10.8. The van der Waals surface area contributed by atoms with Crippen molar-refractivity contribution in [3.05, 3.63) is 35.6 Å². The largest absolute Gasteiger partial charge is 0.382 e. The standard InChI is InChI=1S/C17H28FN3O2.HI/c1-3-19-17(20-10-6-12-23-14-13-22-2)21-11-9-15-7-4-5-8-16(15)18;/h4-5,7-8H,3,6,9-14H2,1-2H3,(H2,19,20,21);1H. The van der Waals surface area contributed by atoms with Crippen molar-refractivity contribution in [1.29, 1.82) is 0 Å². The zero-order chi connectivity index (χ0) is 16.8. The van der Waals surface area contributed by atoms with E-state index in [1.165, 1.54) is 6.07 Å². The summed E-state index contributed by atoms with van der Waals surface area (Å²) in [5.74, 6) is 0.588. The number of benzene rings is 1. The fourth-order valence-electron chi connectivity index (χ4n) is 1.96. The van der Waals surface area contributed by atoms with Crippen molar-refractivity contribution in [3.63, 3.8) is 0 Å². The van der Waals surface area contributed by atoms with Crippen molar-refractivity contribution in [2.24, 2.45) is 4.99 Å². The molecule has 24 heavy (non-hydrogen) atoms. The summed E-state index contributed by atoms with van der Waals surface area (Å²) in [7, 11) is 1.66. The zero-order valence-electron chi connectivity index (χ0n) is 14.5. The number of aliphatic imine (C=N–C) groups is 1. The summed E-state index contributed by atoms with van der Waals surface area (Å²) in [6.45, 7) is 6.02. The van der Waals surface area contributed by atoms with Crippen molar-refractivity contribution in [2.75, 3.05) is 46.6 Å². The lowest BCUT2D eigenvalue weighted by molar-refractivity contribution is 0.0702. The van der Waals surface area contributed by atoms with Crippen LogP contribution >= 0.6 is 24.0 Å². The van der Waals surface area contributed by atoms with Gasteiger partial charge in [0.05, 0.1) is 13.2 Å². The van der Waals surface area contributed by atoms with Gasteiger partial charge in [-0.15, -0.1) is 24.0 Å². The number of methoxy groups -OCH3 is 1. The zero-order valence-corrected chi connectivity index (χ0v) is 16.8. The predicted molar refractivity (Wildman–Crippen MR) is 107 cm³/mol. The van der Waals surface area contributed by atoms with Crippen LogP contribution in [-0.4, -0.2) is 52.5 Å². The van der Waals surface area contributed by atoms with Crippen LogP contribution in [0, 0.1) is 5.82 Å². The van der Waals surface area contributed by atoms with E-state index >= 15 is 0 Å². The Morgan fingerprint density at radius 1 is 1.17 bits per heavy atom. The normalized spacial score (nSPS) is 11.0. The molecule has 0 amide bonds. The molecule has 1 rings (SSSR count). The number of hydrogen-bond acceptors (Lipinski definition) is 3. The van der Waals surface area contributed by atoms with Crippen LogP contribution < -0.4 is 10.6 Å². The van der Waals surface area contributed by atoms with E-state index in [1.54, 1.807) is 19.2 Å². The van der Waals surface area contributed by atoms with Gasteiger partial charge in [0.15, 0.2) is 5.96 Å². The molecule has 1 aromatic carbocycles. The number of hydrogen-bond donors (Lipinski definition) is 2. The summed E-state index contributed by atoms with van der Waals surface area (Å²) < 4.78 is 23.8. The lowest BCUT2D eigenvalue weighted by atomic mass is 10.1. The minimum Gasteiger partial charge on any atom is -0.382 e. The van der Waals surface area contributed by atoms with Crippen LogP contribution in [0.3, 0.4) is 0 Å². The third-order valence-corrected chi connectivity index (χ3v) is 3.14. The van der Waals surface area contributed by atoms with Crippen LogP contribution in [0.4, 0.5) is 4.39 Å². The van der Waals surface area contributed by atoms with Gasteiger partial charge < -0.3 is 20.1 Å². The molecule has 0 bridgehead atoms. The van der Waals surface area contributed by atoms with E-state index < -0.39 is 0 Å². The average molecular weight is 453 g/mol. The summed E-state index contributed by atoms with van der Waals surface area (Å²) >= 11 is 0. The Labute approximate surface area is 161 Å². The fraction of sp³-hybridized carbons (Fsp3) is 0.588. The van der Waals surface area contributed by atoms with Crippen molar-refractivity contribution in [3.8, 4) is 0 Å². The number of guanidine groups is 1. The summed E-state index contributed by atoms with van der Waals surface area (Å²) in [6.07, 6.45) is 1.48. The molecule has 5 nitrogen and oxygen atoms in total. The second kappa shape index (κ2) is 15.6. The van der Waals surface area contributed by atoms with Gasteiger partial charge in [0.25, 0.3) is 0 Å². The van der Waals surface area contributed by atoms with Gasteiger partial charge in [0, 0.05) is 33.4 Å². The maximum absolute atomic E-state index is 13.5. The number of nitrogens with zero attached hydrogens (tertiary/aromatic N) is 1. The molecule has 0 aliphatic rings. The van der Waals surface area contributed by atoms with Crippen molar-refractivity contribution in [1.82, 2.24) is 10.6 Å². The minimum absolute atomic E-state index is 0. The lowest BCUT2D eigenvalue weighted by Crippen LogP contribution is -2.38. The Morgan fingerprint density at radius 3 is 2.67 bits per heavy atom. The first-order chi connectivity index (χ1) is 11.3. The number of ether oxygens (including phenoxy) is 2. The first-order valence-corrected chi connectivity index (χ1v) is 8.10. The average Bonchev–Trinajstić information content (AvgIpc) is 2.55. The molecule has 1 aromatic rings. The predicted octanol–water partition coefficient (Wildman–Crippen LogP) is 2.59. The number of rotatable bonds is 11. The first-order valence-electron chi connectivity index (χ1n) is 8.10. The molecular formula is C17H29FIN3O2. The highest BCUT2D eigenvalue weighted by molar-refractivity contribution is 14.0. The van der Waals surface area contributed by atoms with Gasteiger partial charge in [-0.05, 0) is 31.4 Å². The molecule has 7 heteroatoms. The molecule has 0 atom stereocenters. The second-order valence-electron chi connectivity index (χ2n) is 4.99. The molecule has 0 fully saturated rings. The van der Waals surface area contributed by atoms with E-state index in [2.05, 4.69) is 15.6 Å². The molecule has 0 radical (unpaired) electrons. The summed E-state index contributed by atoms with van der Waals surface area (Å²) in [6, 6.07) is 6.84. The van der Waals surface area contributed by atoms with E-state index in [9.17, 15) is 4.39 Å². The van der Waals surface area contributed by atoms with Gasteiger partial charge in [0.2, 0.25) is 0 Å². The van der Waals surface area contributed by atoms with Gasteiger partial charge in [-0.3, -0.25) is 4.99 Å². The van der Waals surface area contributed by atoms with Crippen LogP contribution in [0.2, 0.25) is 0 Å². The van der Waals surface area contributed by atoms with E-state index in [0.29, 0.717) is 44.9 Å². The Hall–Kier alpha value is -0.930. The highest BCUT2D eigenvalue weighted by Crippen LogP contribution is 2.05. The topological polar surface area (TPSA) is 54.9 Å². The Balaban J connectivity index is 0.00000529. The Kier molecular flexibility index (Phi) is 15.0. The van der Waals surface area contributed by atoms with Crippen LogP contribution in [0.25, 0.3) is 0 Å². The molecule has 0 saturated heterocycles. The molecule has 0 unspecified atom stereocenters. The Morgan fingerprint density at radius 2 is 1.96 bits per heavy atom. The van der Waals surface area contributed by atoms with E-state index in [4.69, 9.17) is 9.47 Å². The highest BCUT2D eigenvalue weighted by atomic mass is 127. The molecular weight excluding hydrogens is 424 g/mol. The van der Waals surface area contributed by atoms with Crippen LogP contribution in [0.1, 0.15) is 18.9 Å². The van der Waals surface area contributed by atoms with Gasteiger partial charge >= 0.3 is 0 Å². The second-order valence-corrected chi connectivity index (χ2v) is 4.99. The van der Waals surface area contributed by atoms with E-state index in [0.717, 1.165) is 18.9 Å². The number of halogens is 2. The molecule has 138 valence electrons. The summed E-state index contributed by atoms with van der Waals surface area (Å²) in [4.78, 5) is 4.47. The molecule has 0 spiro atoms. The SMILES string of the molecule is CCNC(=NCCCOCCOC)NCCc1ccccc1F.I. The van der Waals surface area contributed by atoms with Gasteiger partial charge in [-0.25, -0.2) is 4.39 Å². The highest BCUT2D eigenvalue weighted by Gasteiger charge is 2.01. The lowest BCUT2D eigenvalue weighted by Gasteiger charge is -2.11.